The molecule has 1 aliphatic carbocycles. The van der Waals surface area contributed by atoms with Crippen molar-refractivity contribution in [1.29, 1.82) is 0 Å². The maximum absolute atomic E-state index is 10.3. The lowest BCUT2D eigenvalue weighted by Gasteiger charge is -2.24. The Balaban J connectivity index is 1.53. The number of anilines is 1. The van der Waals surface area contributed by atoms with Crippen LogP contribution in [0.2, 0.25) is 0 Å². The minimum atomic E-state index is -1.23. The number of nitrogen functional groups attached to an aromatic ring is 1. The lowest BCUT2D eigenvalue weighted by atomic mass is 9.82. The van der Waals surface area contributed by atoms with Gasteiger partial charge in [-0.05, 0) is 24.7 Å². The van der Waals surface area contributed by atoms with Crippen molar-refractivity contribution in [2.24, 2.45) is 5.92 Å². The zero-order valence-electron chi connectivity index (χ0n) is 15.5. The Hall–Kier alpha value is -2.25. The summed E-state index contributed by atoms with van der Waals surface area (Å²) in [4.78, 5) is 12.8. The highest BCUT2D eigenvalue weighted by Gasteiger charge is 2.44. The first-order valence-electron chi connectivity index (χ1n) is 9.70. The fourth-order valence-corrected chi connectivity index (χ4v) is 3.69. The van der Waals surface area contributed by atoms with Gasteiger partial charge in [0.1, 0.15) is 23.8 Å². The molecule has 0 aromatic carbocycles. The van der Waals surface area contributed by atoms with Crippen LogP contribution in [0.1, 0.15) is 50.6 Å². The molecule has 150 valence electrons. The van der Waals surface area contributed by atoms with Gasteiger partial charge in [-0.25, -0.2) is 15.0 Å². The van der Waals surface area contributed by atoms with E-state index in [2.05, 4.69) is 26.8 Å². The maximum Gasteiger partial charge on any atom is 0.208 e. The van der Waals surface area contributed by atoms with E-state index in [9.17, 15) is 15.3 Å². The minimum absolute atomic E-state index is 0.189. The topological polar surface area (TPSA) is 140 Å². The first-order chi connectivity index (χ1) is 13.6. The van der Waals surface area contributed by atoms with E-state index in [-0.39, 0.29) is 11.6 Å². The van der Waals surface area contributed by atoms with E-state index in [1.165, 1.54) is 36.6 Å². The van der Waals surface area contributed by atoms with Crippen molar-refractivity contribution < 1.29 is 20.1 Å². The molecule has 0 amide bonds. The van der Waals surface area contributed by atoms with Crippen molar-refractivity contribution in [3.05, 3.63) is 12.2 Å². The fourth-order valence-electron chi connectivity index (χ4n) is 3.69. The fraction of sp³-hybridized carbons (Fsp3) is 0.632. The molecule has 1 saturated heterocycles. The van der Waals surface area contributed by atoms with Gasteiger partial charge in [-0.15, -0.1) is 0 Å². The molecule has 3 heterocycles. The van der Waals surface area contributed by atoms with E-state index in [1.54, 1.807) is 0 Å². The van der Waals surface area contributed by atoms with Gasteiger partial charge in [-0.3, -0.25) is 4.57 Å². The second-order valence-electron chi connectivity index (χ2n) is 7.48. The molecule has 0 radical (unpaired) electrons. The Kier molecular flexibility index (Phi) is 5.46. The van der Waals surface area contributed by atoms with Crippen LogP contribution in [0.3, 0.4) is 0 Å². The summed E-state index contributed by atoms with van der Waals surface area (Å²) in [5.41, 5.74) is 6.72. The van der Waals surface area contributed by atoms with Gasteiger partial charge < -0.3 is 25.8 Å². The second-order valence-corrected chi connectivity index (χ2v) is 7.48. The summed E-state index contributed by atoms with van der Waals surface area (Å²) < 4.78 is 7.04. The molecule has 4 atom stereocenters. The van der Waals surface area contributed by atoms with Gasteiger partial charge in [0.2, 0.25) is 5.82 Å². The Morgan fingerprint density at radius 1 is 1.25 bits per heavy atom. The third-order valence-corrected chi connectivity index (χ3v) is 5.58. The normalized spacial score (nSPS) is 27.5. The molecule has 2 aliphatic rings. The van der Waals surface area contributed by atoms with E-state index >= 15 is 0 Å². The Morgan fingerprint density at radius 2 is 2.07 bits per heavy atom. The predicted octanol–water partition coefficient (Wildman–Crippen LogP) is 0.342. The van der Waals surface area contributed by atoms with Gasteiger partial charge in [0.15, 0.2) is 17.7 Å². The van der Waals surface area contributed by atoms with E-state index < -0.39 is 31.1 Å². The third kappa shape index (κ3) is 3.56. The van der Waals surface area contributed by atoms with Crippen molar-refractivity contribution in [3.8, 4) is 11.8 Å². The summed E-state index contributed by atoms with van der Waals surface area (Å²) in [5, 5.41) is 29.5. The summed E-state index contributed by atoms with van der Waals surface area (Å²) in [5.74, 6) is 7.38. The summed E-state index contributed by atoms with van der Waals surface area (Å²) >= 11 is 0. The van der Waals surface area contributed by atoms with E-state index in [4.69, 9.17) is 10.5 Å². The highest BCUT2D eigenvalue weighted by Crippen LogP contribution is 2.32. The van der Waals surface area contributed by atoms with Crippen LogP contribution in [-0.4, -0.2) is 59.8 Å². The van der Waals surface area contributed by atoms with Crippen molar-refractivity contribution >= 4 is 17.0 Å². The van der Waals surface area contributed by atoms with Gasteiger partial charge in [-0.1, -0.05) is 25.2 Å². The number of ether oxygens (including phenoxy) is 1. The second kappa shape index (κ2) is 8.01. The highest BCUT2D eigenvalue weighted by molar-refractivity contribution is 5.82. The predicted molar refractivity (Wildman–Crippen MR) is 101 cm³/mol. The SMILES string of the molecule is Nc1nc(C#CCCCC2CCC2)nc2c1ncn2[C@@H]1O[C@H](CO)C(O)C1O. The average molecular weight is 387 g/mol. The molecule has 2 fully saturated rings. The first-order valence-corrected chi connectivity index (χ1v) is 9.70. The van der Waals surface area contributed by atoms with E-state index in [0.29, 0.717) is 11.2 Å². The number of aromatic nitrogens is 4. The average Bonchev–Trinajstić information content (AvgIpc) is 3.18. The Labute approximate surface area is 162 Å². The van der Waals surface area contributed by atoms with Crippen LogP contribution >= 0.6 is 0 Å². The molecule has 4 rings (SSSR count). The lowest BCUT2D eigenvalue weighted by molar-refractivity contribution is -0.0511. The van der Waals surface area contributed by atoms with Crippen molar-refractivity contribution in [1.82, 2.24) is 19.5 Å². The standard InChI is InChI=1S/C19H25N5O4/c20-17-14-18(23-13(22-17)8-3-1-2-5-11-6-4-7-11)24(10-21-14)19-16(27)15(26)12(9-25)28-19/h10-12,15-16,19,25-27H,1-2,4-7,9H2,(H2,20,22,23)/t12-,15?,16?,19-/m1/s1. The quantitative estimate of drug-likeness (QED) is 0.425. The summed E-state index contributed by atoms with van der Waals surface area (Å²) in [6.45, 7) is -0.407. The van der Waals surface area contributed by atoms with Crippen molar-refractivity contribution in [3.63, 3.8) is 0 Å². The highest BCUT2D eigenvalue weighted by atomic mass is 16.6. The number of hydrogen-bond acceptors (Lipinski definition) is 8. The number of aliphatic hydroxyl groups excluding tert-OH is 3. The molecule has 0 spiro atoms. The lowest BCUT2D eigenvalue weighted by Crippen LogP contribution is -2.33. The molecule has 9 heteroatoms. The molecule has 1 saturated carbocycles. The molecular formula is C19H25N5O4. The van der Waals surface area contributed by atoms with Crippen molar-refractivity contribution in [2.45, 2.75) is 63.1 Å². The number of nitrogens with two attached hydrogens (primary N) is 1. The molecular weight excluding hydrogens is 362 g/mol. The Morgan fingerprint density at radius 3 is 2.75 bits per heavy atom. The molecule has 9 nitrogen and oxygen atoms in total. The van der Waals surface area contributed by atoms with Crippen LogP contribution in [0.4, 0.5) is 5.82 Å². The zero-order chi connectivity index (χ0) is 19.7. The minimum Gasteiger partial charge on any atom is -0.394 e. The molecule has 2 aromatic heterocycles. The monoisotopic (exact) mass is 387 g/mol. The summed E-state index contributed by atoms with van der Waals surface area (Å²) in [7, 11) is 0. The number of aliphatic hydroxyl groups is 3. The Bertz CT molecular complexity index is 901. The van der Waals surface area contributed by atoms with Crippen LogP contribution in [0, 0.1) is 17.8 Å². The molecule has 1 aliphatic heterocycles. The number of imidazole rings is 1. The number of rotatable bonds is 5. The van der Waals surface area contributed by atoms with Gasteiger partial charge >= 0.3 is 0 Å². The summed E-state index contributed by atoms with van der Waals surface area (Å²) in [6, 6.07) is 0. The van der Waals surface area contributed by atoms with Gasteiger partial charge in [0.05, 0.1) is 12.9 Å². The van der Waals surface area contributed by atoms with E-state index in [1.807, 2.05) is 0 Å². The molecule has 2 unspecified atom stereocenters. The van der Waals surface area contributed by atoms with Crippen LogP contribution < -0.4 is 5.73 Å². The smallest absolute Gasteiger partial charge is 0.208 e. The molecule has 2 aromatic rings. The van der Waals surface area contributed by atoms with Gasteiger partial charge in [-0.2, -0.15) is 0 Å². The maximum atomic E-state index is 10.3. The van der Waals surface area contributed by atoms with Crippen LogP contribution in [0.25, 0.3) is 11.2 Å². The molecule has 28 heavy (non-hydrogen) atoms. The van der Waals surface area contributed by atoms with Crippen LogP contribution in [0.5, 0.6) is 0 Å². The number of fused-ring (bicyclic) bond motifs is 1. The van der Waals surface area contributed by atoms with E-state index in [0.717, 1.165) is 18.8 Å². The van der Waals surface area contributed by atoms with Crippen LogP contribution in [-0.2, 0) is 4.74 Å². The first kappa shape index (κ1) is 19.1. The number of nitrogens with zero attached hydrogens (tertiary/aromatic N) is 4. The third-order valence-electron chi connectivity index (χ3n) is 5.58. The van der Waals surface area contributed by atoms with Gasteiger partial charge in [0.25, 0.3) is 0 Å². The van der Waals surface area contributed by atoms with Crippen LogP contribution in [0.15, 0.2) is 6.33 Å². The summed E-state index contributed by atoms with van der Waals surface area (Å²) in [6.07, 6.45) is 4.27. The van der Waals surface area contributed by atoms with Crippen molar-refractivity contribution in [2.75, 3.05) is 12.3 Å². The number of hydrogen-bond donors (Lipinski definition) is 4. The molecule has 0 bridgehead atoms. The molecule has 5 N–H and O–H groups in total. The number of unbranched alkanes of at least 4 members (excludes halogenated alkanes) is 1. The zero-order valence-corrected chi connectivity index (χ0v) is 15.5. The largest absolute Gasteiger partial charge is 0.394 e. The van der Waals surface area contributed by atoms with Gasteiger partial charge in [0, 0.05) is 6.42 Å².